The first kappa shape index (κ1) is 14.6. The lowest BCUT2D eigenvalue weighted by molar-refractivity contribution is -0.148. The number of carbonyl (C=O) groups excluding carboxylic acids is 1. The molecule has 1 aliphatic rings. The van der Waals surface area contributed by atoms with Crippen molar-refractivity contribution in [3.63, 3.8) is 0 Å². The maximum absolute atomic E-state index is 12.1. The Hall–Kier alpha value is -2.34. The normalized spacial score (nSPS) is 15.9. The second-order valence-corrected chi connectivity index (χ2v) is 5.72. The largest absolute Gasteiger partial charge is 0.480 e. The van der Waals surface area contributed by atoms with Crippen LogP contribution in [-0.2, 0) is 4.79 Å². The average molecular weight is 321 g/mol. The number of aromatic nitrogens is 1. The van der Waals surface area contributed by atoms with Gasteiger partial charge in [0.2, 0.25) is 0 Å². The third-order valence-corrected chi connectivity index (χ3v) is 4.06. The molecule has 2 N–H and O–H groups in total. The summed E-state index contributed by atoms with van der Waals surface area (Å²) >= 11 is 5.91. The first-order chi connectivity index (χ1) is 10.5. The Labute approximate surface area is 131 Å². The molecule has 0 radical (unpaired) electrons. The lowest BCUT2D eigenvalue weighted by Gasteiger charge is -2.37. The fourth-order valence-electron chi connectivity index (χ4n) is 2.36. The van der Waals surface area contributed by atoms with E-state index in [2.05, 4.69) is 10.5 Å². The molecule has 1 saturated carbocycles. The molecule has 2 aromatic rings. The first-order valence-electron chi connectivity index (χ1n) is 6.79. The van der Waals surface area contributed by atoms with E-state index in [1.165, 1.54) is 6.07 Å². The summed E-state index contributed by atoms with van der Waals surface area (Å²) in [6.45, 7) is 0. The lowest BCUT2D eigenvalue weighted by atomic mass is 9.76. The van der Waals surface area contributed by atoms with Crippen molar-refractivity contribution >= 4 is 23.5 Å². The molecule has 1 amide bonds. The average Bonchev–Trinajstić information content (AvgIpc) is 2.92. The van der Waals surface area contributed by atoms with Crippen LogP contribution < -0.4 is 5.32 Å². The molecule has 1 heterocycles. The molecule has 7 heteroatoms. The van der Waals surface area contributed by atoms with Crippen LogP contribution in [0, 0.1) is 0 Å². The summed E-state index contributed by atoms with van der Waals surface area (Å²) in [7, 11) is 0. The molecule has 0 bridgehead atoms. The monoisotopic (exact) mass is 320 g/mol. The molecule has 114 valence electrons. The van der Waals surface area contributed by atoms with E-state index in [9.17, 15) is 14.7 Å². The van der Waals surface area contributed by atoms with E-state index in [4.69, 9.17) is 16.1 Å². The van der Waals surface area contributed by atoms with Crippen molar-refractivity contribution in [3.8, 4) is 11.3 Å². The molecule has 1 fully saturated rings. The summed E-state index contributed by atoms with van der Waals surface area (Å²) in [4.78, 5) is 23.4. The summed E-state index contributed by atoms with van der Waals surface area (Å²) in [5, 5.41) is 16.0. The Morgan fingerprint density at radius 3 is 2.68 bits per heavy atom. The standard InChI is InChI=1S/C15H13ClN2O4/c16-10-4-1-3-9(7-10)12-8-11(18-22-12)13(19)17-15(14(20)21)5-2-6-15/h1,3-4,7-8H,2,5-6H2,(H,17,19)(H,20,21). The zero-order valence-electron chi connectivity index (χ0n) is 11.5. The van der Waals surface area contributed by atoms with E-state index in [0.29, 0.717) is 29.2 Å². The van der Waals surface area contributed by atoms with Gasteiger partial charge in [0.1, 0.15) is 5.54 Å². The molecule has 0 aliphatic heterocycles. The van der Waals surface area contributed by atoms with E-state index in [1.807, 2.05) is 0 Å². The highest BCUT2D eigenvalue weighted by Crippen LogP contribution is 2.32. The van der Waals surface area contributed by atoms with Crippen molar-refractivity contribution < 1.29 is 19.2 Å². The molecule has 0 saturated heterocycles. The Morgan fingerprint density at radius 2 is 2.09 bits per heavy atom. The number of carboxylic acids is 1. The van der Waals surface area contributed by atoms with Crippen LogP contribution in [0.4, 0.5) is 0 Å². The van der Waals surface area contributed by atoms with Gasteiger partial charge >= 0.3 is 5.97 Å². The molecule has 0 atom stereocenters. The smallest absolute Gasteiger partial charge is 0.329 e. The Bertz CT molecular complexity index is 737. The predicted molar refractivity (Wildman–Crippen MR) is 78.6 cm³/mol. The Balaban J connectivity index is 1.79. The van der Waals surface area contributed by atoms with Crippen LogP contribution >= 0.6 is 11.6 Å². The van der Waals surface area contributed by atoms with E-state index in [-0.39, 0.29) is 5.69 Å². The van der Waals surface area contributed by atoms with E-state index >= 15 is 0 Å². The van der Waals surface area contributed by atoms with Crippen LogP contribution in [-0.4, -0.2) is 27.7 Å². The third-order valence-electron chi connectivity index (χ3n) is 3.82. The van der Waals surface area contributed by atoms with Gasteiger partial charge in [0.15, 0.2) is 11.5 Å². The van der Waals surface area contributed by atoms with Gasteiger partial charge < -0.3 is 14.9 Å². The van der Waals surface area contributed by atoms with Crippen molar-refractivity contribution in [2.75, 3.05) is 0 Å². The molecule has 0 spiro atoms. The van der Waals surface area contributed by atoms with Gasteiger partial charge in [-0.2, -0.15) is 0 Å². The minimum atomic E-state index is -1.17. The highest BCUT2D eigenvalue weighted by Gasteiger charge is 2.46. The van der Waals surface area contributed by atoms with Crippen LogP contribution in [0.25, 0.3) is 11.3 Å². The summed E-state index contributed by atoms with van der Waals surface area (Å²) in [5.74, 6) is -1.18. The van der Waals surface area contributed by atoms with E-state index < -0.39 is 17.4 Å². The first-order valence-corrected chi connectivity index (χ1v) is 7.16. The summed E-state index contributed by atoms with van der Waals surface area (Å²) in [5.41, 5.74) is -0.440. The zero-order chi connectivity index (χ0) is 15.7. The molecule has 22 heavy (non-hydrogen) atoms. The fourth-order valence-corrected chi connectivity index (χ4v) is 2.55. The van der Waals surface area contributed by atoms with Crippen LogP contribution in [0.3, 0.4) is 0 Å². The van der Waals surface area contributed by atoms with Crippen LogP contribution in [0.1, 0.15) is 29.8 Å². The molecule has 0 unspecified atom stereocenters. The molecular weight excluding hydrogens is 308 g/mol. The number of nitrogens with one attached hydrogen (secondary N) is 1. The number of hydrogen-bond donors (Lipinski definition) is 2. The number of halogens is 1. The number of aliphatic carboxylic acids is 1. The number of hydrogen-bond acceptors (Lipinski definition) is 4. The summed E-state index contributed by atoms with van der Waals surface area (Å²) < 4.78 is 5.14. The van der Waals surface area contributed by atoms with E-state index in [1.54, 1.807) is 24.3 Å². The van der Waals surface area contributed by atoms with Crippen LogP contribution in [0.15, 0.2) is 34.9 Å². The molecule has 6 nitrogen and oxygen atoms in total. The van der Waals surface area contributed by atoms with Crippen molar-refractivity contribution in [1.29, 1.82) is 0 Å². The quantitative estimate of drug-likeness (QED) is 0.903. The summed E-state index contributed by atoms with van der Waals surface area (Å²) in [6, 6.07) is 8.42. The van der Waals surface area contributed by atoms with Crippen molar-refractivity contribution in [1.82, 2.24) is 10.5 Å². The van der Waals surface area contributed by atoms with Gasteiger partial charge in [0.05, 0.1) is 0 Å². The molecule has 1 aromatic carbocycles. The number of carbonyl (C=O) groups is 2. The number of benzene rings is 1. The number of amides is 1. The molecule has 3 rings (SSSR count). The third kappa shape index (κ3) is 2.57. The second-order valence-electron chi connectivity index (χ2n) is 5.28. The predicted octanol–water partition coefficient (Wildman–Crippen LogP) is 2.73. The molecule has 1 aromatic heterocycles. The lowest BCUT2D eigenvalue weighted by Crippen LogP contribution is -2.59. The van der Waals surface area contributed by atoms with Crippen LogP contribution in [0.2, 0.25) is 5.02 Å². The van der Waals surface area contributed by atoms with E-state index in [0.717, 1.165) is 6.42 Å². The van der Waals surface area contributed by atoms with Gasteiger partial charge in [0.25, 0.3) is 5.91 Å². The minimum absolute atomic E-state index is 0.0440. The van der Waals surface area contributed by atoms with Crippen LogP contribution in [0.5, 0.6) is 0 Å². The van der Waals surface area contributed by atoms with Gasteiger partial charge in [0, 0.05) is 16.7 Å². The van der Waals surface area contributed by atoms with Crippen molar-refractivity contribution in [2.45, 2.75) is 24.8 Å². The van der Waals surface area contributed by atoms with Gasteiger partial charge in [-0.25, -0.2) is 4.79 Å². The summed E-state index contributed by atoms with van der Waals surface area (Å²) in [6.07, 6.45) is 1.62. The number of carboxylic acid groups (broad SMARTS) is 1. The highest BCUT2D eigenvalue weighted by molar-refractivity contribution is 6.30. The SMILES string of the molecule is O=C(NC1(C(=O)O)CCC1)c1cc(-c2cccc(Cl)c2)on1. The Kier molecular flexibility index (Phi) is 3.62. The minimum Gasteiger partial charge on any atom is -0.480 e. The zero-order valence-corrected chi connectivity index (χ0v) is 12.3. The maximum atomic E-state index is 12.1. The van der Waals surface area contributed by atoms with Gasteiger partial charge in [-0.3, -0.25) is 4.79 Å². The van der Waals surface area contributed by atoms with Crippen molar-refractivity contribution in [2.24, 2.45) is 0 Å². The van der Waals surface area contributed by atoms with Crippen molar-refractivity contribution in [3.05, 3.63) is 41.0 Å². The molecular formula is C15H13ClN2O4. The number of rotatable bonds is 4. The topological polar surface area (TPSA) is 92.4 Å². The van der Waals surface area contributed by atoms with Gasteiger partial charge in [-0.15, -0.1) is 0 Å². The maximum Gasteiger partial charge on any atom is 0.329 e. The van der Waals surface area contributed by atoms with Gasteiger partial charge in [-0.05, 0) is 31.4 Å². The Morgan fingerprint density at radius 1 is 1.32 bits per heavy atom. The second kappa shape index (κ2) is 5.46. The highest BCUT2D eigenvalue weighted by atomic mass is 35.5. The fraction of sp³-hybridized carbons (Fsp3) is 0.267. The van der Waals surface area contributed by atoms with Gasteiger partial charge in [-0.1, -0.05) is 28.9 Å². The number of nitrogens with zero attached hydrogens (tertiary/aromatic N) is 1. The molecule has 1 aliphatic carbocycles.